The van der Waals surface area contributed by atoms with Gasteiger partial charge in [0.05, 0.1) is 18.2 Å². The third-order valence-electron chi connectivity index (χ3n) is 3.59. The number of benzene rings is 1. The lowest BCUT2D eigenvalue weighted by Crippen LogP contribution is -2.47. The molecule has 0 spiro atoms. The SMILES string of the molecule is CCOC(=O)C1=C(C)N(CC)C(=O)N[C@H]1c1cccc(F)c1. The lowest BCUT2D eigenvalue weighted by atomic mass is 9.95. The number of nitrogens with zero attached hydrogens (tertiary/aromatic N) is 1. The van der Waals surface area contributed by atoms with E-state index < -0.39 is 17.8 Å². The molecule has 1 atom stereocenters. The van der Waals surface area contributed by atoms with Crippen molar-refractivity contribution in [2.75, 3.05) is 13.2 Å². The summed E-state index contributed by atoms with van der Waals surface area (Å²) in [6, 6.07) is 4.79. The van der Waals surface area contributed by atoms with Crippen molar-refractivity contribution < 1.29 is 18.7 Å². The Balaban J connectivity index is 2.53. The van der Waals surface area contributed by atoms with Crippen LogP contribution in [0, 0.1) is 5.82 Å². The molecule has 0 unspecified atom stereocenters. The van der Waals surface area contributed by atoms with Crippen LogP contribution in [0.15, 0.2) is 35.5 Å². The number of nitrogens with one attached hydrogen (secondary N) is 1. The van der Waals surface area contributed by atoms with E-state index in [-0.39, 0.29) is 12.6 Å². The number of ether oxygens (including phenoxy) is 1. The molecule has 2 amide bonds. The molecule has 1 aliphatic heterocycles. The fourth-order valence-corrected chi connectivity index (χ4v) is 2.57. The minimum atomic E-state index is -0.718. The number of hydrogen-bond donors (Lipinski definition) is 1. The van der Waals surface area contributed by atoms with E-state index in [0.29, 0.717) is 23.4 Å². The van der Waals surface area contributed by atoms with Gasteiger partial charge >= 0.3 is 12.0 Å². The van der Waals surface area contributed by atoms with Crippen LogP contribution < -0.4 is 5.32 Å². The van der Waals surface area contributed by atoms with Gasteiger partial charge in [0.1, 0.15) is 5.82 Å². The van der Waals surface area contributed by atoms with Crippen molar-refractivity contribution in [1.29, 1.82) is 0 Å². The minimum absolute atomic E-state index is 0.228. The molecule has 2 rings (SSSR count). The fraction of sp³-hybridized carbons (Fsp3) is 0.375. The number of allylic oxidation sites excluding steroid dienone is 1. The van der Waals surface area contributed by atoms with Crippen molar-refractivity contribution in [3.8, 4) is 0 Å². The first kappa shape index (κ1) is 16.0. The number of halogens is 1. The summed E-state index contributed by atoms with van der Waals surface area (Å²) in [5, 5.41) is 2.74. The van der Waals surface area contributed by atoms with Crippen molar-refractivity contribution in [2.24, 2.45) is 0 Å². The van der Waals surface area contributed by atoms with Crippen LogP contribution in [0.2, 0.25) is 0 Å². The van der Waals surface area contributed by atoms with Gasteiger partial charge in [-0.1, -0.05) is 12.1 Å². The van der Waals surface area contributed by atoms with Gasteiger partial charge < -0.3 is 10.1 Å². The fourth-order valence-electron chi connectivity index (χ4n) is 2.57. The molecular weight excluding hydrogens is 287 g/mol. The number of hydrogen-bond acceptors (Lipinski definition) is 3. The molecule has 22 heavy (non-hydrogen) atoms. The normalized spacial score (nSPS) is 18.3. The summed E-state index contributed by atoms with van der Waals surface area (Å²) in [6.45, 7) is 5.88. The summed E-state index contributed by atoms with van der Waals surface area (Å²) in [5.74, 6) is -0.932. The topological polar surface area (TPSA) is 58.6 Å². The lowest BCUT2D eigenvalue weighted by molar-refractivity contribution is -0.139. The van der Waals surface area contributed by atoms with Gasteiger partial charge in [-0.05, 0) is 38.5 Å². The highest BCUT2D eigenvalue weighted by Gasteiger charge is 2.35. The molecule has 0 radical (unpaired) electrons. The Bertz CT molecular complexity index is 628. The van der Waals surface area contributed by atoms with Crippen LogP contribution in [0.4, 0.5) is 9.18 Å². The van der Waals surface area contributed by atoms with Crippen LogP contribution in [0.25, 0.3) is 0 Å². The van der Waals surface area contributed by atoms with Gasteiger partial charge in [0.2, 0.25) is 0 Å². The number of rotatable bonds is 4. The van der Waals surface area contributed by atoms with Gasteiger partial charge in [0, 0.05) is 12.2 Å². The third-order valence-corrected chi connectivity index (χ3v) is 3.59. The van der Waals surface area contributed by atoms with E-state index in [1.807, 2.05) is 6.92 Å². The third kappa shape index (κ3) is 2.95. The van der Waals surface area contributed by atoms with Crippen molar-refractivity contribution in [3.05, 3.63) is 46.9 Å². The monoisotopic (exact) mass is 306 g/mol. The maximum absolute atomic E-state index is 13.5. The van der Waals surface area contributed by atoms with Gasteiger partial charge in [-0.3, -0.25) is 4.90 Å². The van der Waals surface area contributed by atoms with E-state index in [0.717, 1.165) is 0 Å². The van der Waals surface area contributed by atoms with Crippen LogP contribution in [0.3, 0.4) is 0 Å². The highest BCUT2D eigenvalue weighted by Crippen LogP contribution is 2.31. The van der Waals surface area contributed by atoms with Crippen molar-refractivity contribution in [3.63, 3.8) is 0 Å². The zero-order chi connectivity index (χ0) is 16.3. The molecule has 1 aliphatic rings. The average molecular weight is 306 g/mol. The molecule has 1 N–H and O–H groups in total. The van der Waals surface area contributed by atoms with E-state index in [2.05, 4.69) is 5.32 Å². The van der Waals surface area contributed by atoms with Crippen molar-refractivity contribution >= 4 is 12.0 Å². The second-order valence-electron chi connectivity index (χ2n) is 4.90. The molecule has 0 bridgehead atoms. The Hall–Kier alpha value is -2.37. The van der Waals surface area contributed by atoms with Gasteiger partial charge in [-0.25, -0.2) is 14.0 Å². The molecule has 0 aromatic heterocycles. The van der Waals surface area contributed by atoms with E-state index in [1.165, 1.54) is 17.0 Å². The predicted molar refractivity (Wildman–Crippen MR) is 79.4 cm³/mol. The highest BCUT2D eigenvalue weighted by atomic mass is 19.1. The first-order valence-corrected chi connectivity index (χ1v) is 7.21. The Kier molecular flexibility index (Phi) is 4.80. The van der Waals surface area contributed by atoms with Gasteiger partial charge in [-0.15, -0.1) is 0 Å². The first-order chi connectivity index (χ1) is 10.5. The van der Waals surface area contributed by atoms with Crippen LogP contribution in [0.1, 0.15) is 32.4 Å². The minimum Gasteiger partial charge on any atom is -0.463 e. The first-order valence-electron chi connectivity index (χ1n) is 7.21. The zero-order valence-electron chi connectivity index (χ0n) is 12.9. The Labute approximate surface area is 128 Å². The number of carbonyl (C=O) groups is 2. The summed E-state index contributed by atoms with van der Waals surface area (Å²) in [5.41, 5.74) is 1.36. The quantitative estimate of drug-likeness (QED) is 0.870. The molecule has 0 saturated heterocycles. The predicted octanol–water partition coefficient (Wildman–Crippen LogP) is 2.75. The summed E-state index contributed by atoms with van der Waals surface area (Å²) in [6.07, 6.45) is 0. The molecule has 5 nitrogen and oxygen atoms in total. The molecule has 118 valence electrons. The van der Waals surface area contributed by atoms with E-state index in [1.54, 1.807) is 26.0 Å². The molecule has 0 aliphatic carbocycles. The molecule has 1 aromatic rings. The largest absolute Gasteiger partial charge is 0.463 e. The number of urea groups is 1. The van der Waals surface area contributed by atoms with Crippen LogP contribution in [0.5, 0.6) is 0 Å². The van der Waals surface area contributed by atoms with E-state index >= 15 is 0 Å². The van der Waals surface area contributed by atoms with Crippen LogP contribution in [-0.2, 0) is 9.53 Å². The molecule has 0 saturated carbocycles. The average Bonchev–Trinajstić information content (AvgIpc) is 2.47. The van der Waals surface area contributed by atoms with Crippen molar-refractivity contribution in [2.45, 2.75) is 26.8 Å². The van der Waals surface area contributed by atoms with Crippen LogP contribution >= 0.6 is 0 Å². The van der Waals surface area contributed by atoms with Gasteiger partial charge in [-0.2, -0.15) is 0 Å². The molecule has 1 heterocycles. The highest BCUT2D eigenvalue weighted by molar-refractivity contribution is 5.95. The van der Waals surface area contributed by atoms with Crippen LogP contribution in [-0.4, -0.2) is 30.1 Å². The standard InChI is InChI=1S/C16H19FN2O3/c1-4-19-10(3)13(15(20)22-5-2)14(18-16(19)21)11-7-6-8-12(17)9-11/h6-9,14H,4-5H2,1-3H3,(H,18,21)/t14-/m0/s1. The van der Waals surface area contributed by atoms with Gasteiger partial charge in [0.15, 0.2) is 0 Å². The second kappa shape index (κ2) is 6.60. The summed E-state index contributed by atoms with van der Waals surface area (Å²) in [7, 11) is 0. The van der Waals surface area contributed by atoms with Crippen molar-refractivity contribution in [1.82, 2.24) is 10.2 Å². The summed E-state index contributed by atoms with van der Waals surface area (Å²) < 4.78 is 18.6. The number of carbonyl (C=O) groups excluding carboxylic acids is 2. The van der Waals surface area contributed by atoms with E-state index in [4.69, 9.17) is 4.74 Å². The smallest absolute Gasteiger partial charge is 0.338 e. The molecule has 0 fully saturated rings. The maximum Gasteiger partial charge on any atom is 0.338 e. The summed E-state index contributed by atoms with van der Waals surface area (Å²) in [4.78, 5) is 25.9. The number of esters is 1. The number of amides is 2. The molecular formula is C16H19FN2O3. The van der Waals surface area contributed by atoms with Gasteiger partial charge in [0.25, 0.3) is 0 Å². The Morgan fingerprint density at radius 2 is 2.14 bits per heavy atom. The second-order valence-corrected chi connectivity index (χ2v) is 4.90. The maximum atomic E-state index is 13.5. The Morgan fingerprint density at radius 1 is 1.41 bits per heavy atom. The zero-order valence-corrected chi connectivity index (χ0v) is 12.9. The summed E-state index contributed by atoms with van der Waals surface area (Å²) >= 11 is 0. The lowest BCUT2D eigenvalue weighted by Gasteiger charge is -2.34. The Morgan fingerprint density at radius 3 is 2.73 bits per heavy atom. The molecule has 6 heteroatoms. The van der Waals surface area contributed by atoms with E-state index in [9.17, 15) is 14.0 Å². The molecule has 1 aromatic carbocycles.